The fraction of sp³-hybridized carbons (Fsp3) is 0.714. The summed E-state index contributed by atoms with van der Waals surface area (Å²) in [6.45, 7) is 7.95. The Hall–Kier alpha value is -0.760. The molecule has 1 saturated carbocycles. The molecule has 1 aromatic heterocycles. The molecule has 0 bridgehead atoms. The first-order valence-electron chi connectivity index (χ1n) is 6.42. The van der Waals surface area contributed by atoms with Crippen LogP contribution in [0.5, 0.6) is 0 Å². The van der Waals surface area contributed by atoms with Gasteiger partial charge < -0.3 is 9.73 Å². The van der Waals surface area contributed by atoms with Crippen LogP contribution in [0.4, 0.5) is 0 Å². The van der Waals surface area contributed by atoms with Crippen LogP contribution < -0.4 is 5.32 Å². The van der Waals surface area contributed by atoms with Gasteiger partial charge in [0, 0.05) is 17.4 Å². The van der Waals surface area contributed by atoms with Gasteiger partial charge in [-0.3, -0.25) is 0 Å². The highest BCUT2D eigenvalue weighted by Crippen LogP contribution is 2.48. The highest BCUT2D eigenvalue weighted by Gasteiger charge is 2.40. The second-order valence-electron chi connectivity index (χ2n) is 6.05. The predicted molar refractivity (Wildman–Crippen MR) is 64.7 cm³/mol. The summed E-state index contributed by atoms with van der Waals surface area (Å²) in [5.74, 6) is 4.46. The number of rotatable bonds is 2. The first-order chi connectivity index (χ1) is 7.58. The van der Waals surface area contributed by atoms with Crippen molar-refractivity contribution in [2.75, 3.05) is 6.54 Å². The molecule has 2 aliphatic rings. The summed E-state index contributed by atoms with van der Waals surface area (Å²) in [7, 11) is 0. The van der Waals surface area contributed by atoms with Gasteiger partial charge in [-0.1, -0.05) is 6.92 Å². The Morgan fingerprint density at radius 1 is 1.31 bits per heavy atom. The number of hydrogen-bond donors (Lipinski definition) is 1. The van der Waals surface area contributed by atoms with Gasteiger partial charge in [-0.25, -0.2) is 0 Å². The van der Waals surface area contributed by atoms with E-state index in [1.165, 1.54) is 24.4 Å². The maximum Gasteiger partial charge on any atom is 0.109 e. The van der Waals surface area contributed by atoms with Crippen molar-refractivity contribution in [3.05, 3.63) is 23.7 Å². The molecule has 2 heteroatoms. The third-order valence-electron chi connectivity index (χ3n) is 4.35. The quantitative estimate of drug-likeness (QED) is 0.826. The van der Waals surface area contributed by atoms with Crippen molar-refractivity contribution in [2.24, 2.45) is 5.92 Å². The van der Waals surface area contributed by atoms with Gasteiger partial charge in [-0.15, -0.1) is 0 Å². The molecular weight excluding hydrogens is 198 g/mol. The zero-order chi connectivity index (χ0) is 11.3. The molecule has 2 nitrogen and oxygen atoms in total. The van der Waals surface area contributed by atoms with Gasteiger partial charge in [0.1, 0.15) is 11.5 Å². The minimum Gasteiger partial charge on any atom is -0.465 e. The van der Waals surface area contributed by atoms with Crippen molar-refractivity contribution in [1.82, 2.24) is 5.32 Å². The smallest absolute Gasteiger partial charge is 0.109 e. The fourth-order valence-electron chi connectivity index (χ4n) is 2.99. The second kappa shape index (κ2) is 3.36. The maximum absolute atomic E-state index is 6.06. The fourth-order valence-corrected chi connectivity index (χ4v) is 2.99. The summed E-state index contributed by atoms with van der Waals surface area (Å²) in [5, 5.41) is 3.55. The molecule has 88 valence electrons. The third kappa shape index (κ3) is 1.60. The van der Waals surface area contributed by atoms with Gasteiger partial charge in [0.15, 0.2) is 0 Å². The summed E-state index contributed by atoms with van der Waals surface area (Å²) >= 11 is 0. The summed E-state index contributed by atoms with van der Waals surface area (Å²) in [6, 6.07) is 4.39. The zero-order valence-corrected chi connectivity index (χ0v) is 10.4. The van der Waals surface area contributed by atoms with E-state index in [0.717, 1.165) is 12.5 Å². The Balaban J connectivity index is 1.82. The van der Waals surface area contributed by atoms with Crippen molar-refractivity contribution < 1.29 is 4.42 Å². The van der Waals surface area contributed by atoms with Crippen molar-refractivity contribution >= 4 is 0 Å². The average molecular weight is 219 g/mol. The molecule has 3 unspecified atom stereocenters. The van der Waals surface area contributed by atoms with Crippen LogP contribution in [0, 0.1) is 5.92 Å². The molecule has 1 N–H and O–H groups in total. The molecular formula is C14H21NO. The monoisotopic (exact) mass is 219 g/mol. The van der Waals surface area contributed by atoms with Crippen LogP contribution in [0.15, 0.2) is 16.5 Å². The van der Waals surface area contributed by atoms with E-state index in [1.807, 2.05) is 0 Å². The molecule has 1 aliphatic heterocycles. The van der Waals surface area contributed by atoms with Crippen molar-refractivity contribution in [1.29, 1.82) is 0 Å². The lowest BCUT2D eigenvalue weighted by molar-refractivity contribution is 0.345. The zero-order valence-electron chi connectivity index (χ0n) is 10.4. The van der Waals surface area contributed by atoms with E-state index in [1.54, 1.807) is 0 Å². The molecule has 0 radical (unpaired) electrons. The molecule has 0 aromatic carbocycles. The van der Waals surface area contributed by atoms with Crippen molar-refractivity contribution in [3.8, 4) is 0 Å². The Kier molecular flexibility index (Phi) is 2.19. The Labute approximate surface area is 97.4 Å². The van der Waals surface area contributed by atoms with Gasteiger partial charge in [-0.05, 0) is 51.3 Å². The van der Waals surface area contributed by atoms with Gasteiger partial charge in [-0.2, -0.15) is 0 Å². The molecule has 2 fully saturated rings. The topological polar surface area (TPSA) is 25.2 Å². The lowest BCUT2D eigenvalue weighted by Gasteiger charge is -2.25. The average Bonchev–Trinajstić information content (AvgIpc) is 2.63. The number of hydrogen-bond acceptors (Lipinski definition) is 2. The molecule has 0 spiro atoms. The predicted octanol–water partition coefficient (Wildman–Crippen LogP) is 3.26. The summed E-state index contributed by atoms with van der Waals surface area (Å²) in [4.78, 5) is 0. The highest BCUT2D eigenvalue weighted by molar-refractivity contribution is 5.22. The van der Waals surface area contributed by atoms with E-state index in [-0.39, 0.29) is 5.54 Å². The molecule has 3 atom stereocenters. The van der Waals surface area contributed by atoms with E-state index >= 15 is 0 Å². The lowest BCUT2D eigenvalue weighted by Crippen LogP contribution is -2.36. The van der Waals surface area contributed by atoms with Gasteiger partial charge in [0.05, 0.1) is 0 Å². The summed E-state index contributed by atoms with van der Waals surface area (Å²) < 4.78 is 6.06. The van der Waals surface area contributed by atoms with Crippen molar-refractivity contribution in [2.45, 2.75) is 51.0 Å². The van der Waals surface area contributed by atoms with E-state index in [0.29, 0.717) is 11.8 Å². The Morgan fingerprint density at radius 2 is 2.00 bits per heavy atom. The first-order valence-corrected chi connectivity index (χ1v) is 6.42. The van der Waals surface area contributed by atoms with Crippen LogP contribution in [-0.2, 0) is 0 Å². The normalized spacial score (nSPS) is 36.6. The number of nitrogens with one attached hydrogen (secondary N) is 1. The highest BCUT2D eigenvalue weighted by atomic mass is 16.3. The van der Waals surface area contributed by atoms with E-state index in [4.69, 9.17) is 4.42 Å². The summed E-state index contributed by atoms with van der Waals surface area (Å²) in [6.07, 6.45) is 2.50. The van der Waals surface area contributed by atoms with Crippen LogP contribution in [0.3, 0.4) is 0 Å². The molecule has 1 saturated heterocycles. The van der Waals surface area contributed by atoms with Gasteiger partial charge >= 0.3 is 0 Å². The minimum atomic E-state index is 0.185. The standard InChI is InChI=1S/C14H21NO/c1-9-8-10(9)12-4-5-13(16-12)11-6-7-15-14(11,2)3/h4-5,9-11,15H,6-8H2,1-3H3. The molecule has 1 aliphatic carbocycles. The van der Waals surface area contributed by atoms with Gasteiger partial charge in [0.2, 0.25) is 0 Å². The van der Waals surface area contributed by atoms with Crippen LogP contribution in [0.2, 0.25) is 0 Å². The van der Waals surface area contributed by atoms with Crippen molar-refractivity contribution in [3.63, 3.8) is 0 Å². The molecule has 16 heavy (non-hydrogen) atoms. The van der Waals surface area contributed by atoms with E-state index < -0.39 is 0 Å². The van der Waals surface area contributed by atoms with Crippen LogP contribution in [0.25, 0.3) is 0 Å². The molecule has 1 aromatic rings. The second-order valence-corrected chi connectivity index (χ2v) is 6.05. The van der Waals surface area contributed by atoms with E-state index in [9.17, 15) is 0 Å². The van der Waals surface area contributed by atoms with E-state index in [2.05, 4.69) is 38.2 Å². The maximum atomic E-state index is 6.06. The Bertz CT molecular complexity index is 393. The van der Waals surface area contributed by atoms with Crippen LogP contribution >= 0.6 is 0 Å². The number of furan rings is 1. The molecule has 3 rings (SSSR count). The van der Waals surface area contributed by atoms with Gasteiger partial charge in [0.25, 0.3) is 0 Å². The third-order valence-corrected chi connectivity index (χ3v) is 4.35. The van der Waals surface area contributed by atoms with Crippen LogP contribution in [-0.4, -0.2) is 12.1 Å². The lowest BCUT2D eigenvalue weighted by atomic mass is 9.87. The molecule has 0 amide bonds. The van der Waals surface area contributed by atoms with Crippen LogP contribution in [0.1, 0.15) is 57.0 Å². The largest absolute Gasteiger partial charge is 0.465 e. The molecule has 2 heterocycles. The first kappa shape index (κ1) is 10.4. The Morgan fingerprint density at radius 3 is 2.56 bits per heavy atom. The minimum absolute atomic E-state index is 0.185. The SMILES string of the molecule is CC1CC1c1ccc(C2CCNC2(C)C)o1. The summed E-state index contributed by atoms with van der Waals surface area (Å²) in [5.41, 5.74) is 0.185.